The van der Waals surface area contributed by atoms with Crippen LogP contribution in [-0.4, -0.2) is 22.8 Å². The topological polar surface area (TPSA) is 66.8 Å². The zero-order valence-corrected chi connectivity index (χ0v) is 11.8. The number of rotatable bonds is 5. The molecular formula is C18H16O4. The van der Waals surface area contributed by atoms with Gasteiger partial charge in [-0.3, -0.25) is 0 Å². The average Bonchev–Trinajstić information content (AvgIpc) is 2.54. The molecule has 0 aliphatic carbocycles. The molecule has 22 heavy (non-hydrogen) atoms. The van der Waals surface area contributed by atoms with Crippen LogP contribution in [-0.2, 0) is 9.53 Å². The molecule has 0 saturated carbocycles. The van der Waals surface area contributed by atoms with E-state index >= 15 is 0 Å². The molecule has 4 heteroatoms. The summed E-state index contributed by atoms with van der Waals surface area (Å²) in [6.07, 6.45) is 6.40. The zero-order valence-electron chi connectivity index (χ0n) is 11.8. The number of esters is 1. The van der Waals surface area contributed by atoms with Crippen LogP contribution in [0.25, 0.3) is 12.2 Å². The molecule has 4 nitrogen and oxygen atoms in total. The van der Waals surface area contributed by atoms with Gasteiger partial charge in [0.15, 0.2) is 11.5 Å². The van der Waals surface area contributed by atoms with Crippen LogP contribution in [0.1, 0.15) is 11.1 Å². The minimum absolute atomic E-state index is 0.179. The van der Waals surface area contributed by atoms with E-state index in [9.17, 15) is 15.0 Å². The van der Waals surface area contributed by atoms with Gasteiger partial charge >= 0.3 is 5.97 Å². The molecule has 0 fully saturated rings. The third kappa shape index (κ3) is 4.83. The Morgan fingerprint density at radius 3 is 2.45 bits per heavy atom. The number of phenols is 2. The van der Waals surface area contributed by atoms with Crippen molar-refractivity contribution in [2.75, 3.05) is 6.61 Å². The minimum Gasteiger partial charge on any atom is -0.504 e. The highest BCUT2D eigenvalue weighted by atomic mass is 16.5. The van der Waals surface area contributed by atoms with Crippen molar-refractivity contribution in [2.24, 2.45) is 0 Å². The molecule has 0 bridgehead atoms. The summed E-state index contributed by atoms with van der Waals surface area (Å²) in [6, 6.07) is 14.0. The summed E-state index contributed by atoms with van der Waals surface area (Å²) in [4.78, 5) is 11.5. The van der Waals surface area contributed by atoms with E-state index in [1.54, 1.807) is 12.1 Å². The lowest BCUT2D eigenvalue weighted by molar-refractivity contribution is -0.136. The first-order valence-corrected chi connectivity index (χ1v) is 6.73. The van der Waals surface area contributed by atoms with Gasteiger partial charge in [0, 0.05) is 6.08 Å². The van der Waals surface area contributed by atoms with Gasteiger partial charge in [0.1, 0.15) is 6.61 Å². The molecule has 0 aliphatic heterocycles. The monoisotopic (exact) mass is 296 g/mol. The van der Waals surface area contributed by atoms with Crippen molar-refractivity contribution < 1.29 is 19.7 Å². The predicted molar refractivity (Wildman–Crippen MR) is 85.2 cm³/mol. The summed E-state index contributed by atoms with van der Waals surface area (Å²) < 4.78 is 5.02. The SMILES string of the molecule is O=C(/C=C\c1ccc(O)c(O)c1)OC/C=C/c1ccccc1. The first-order chi connectivity index (χ1) is 10.6. The fraction of sp³-hybridized carbons (Fsp3) is 0.0556. The summed E-state index contributed by atoms with van der Waals surface area (Å²) in [5.41, 5.74) is 1.63. The summed E-state index contributed by atoms with van der Waals surface area (Å²) in [5, 5.41) is 18.5. The predicted octanol–water partition coefficient (Wildman–Crippen LogP) is 3.37. The van der Waals surface area contributed by atoms with Gasteiger partial charge in [-0.25, -0.2) is 4.79 Å². The number of phenolic OH excluding ortho intramolecular Hbond substituents is 2. The van der Waals surface area contributed by atoms with E-state index in [1.165, 1.54) is 24.3 Å². The van der Waals surface area contributed by atoms with Gasteiger partial charge in [-0.05, 0) is 35.4 Å². The molecular weight excluding hydrogens is 280 g/mol. The molecule has 0 heterocycles. The Labute approximate surface area is 128 Å². The highest BCUT2D eigenvalue weighted by Gasteiger charge is 1.99. The summed E-state index contributed by atoms with van der Waals surface area (Å²) >= 11 is 0. The molecule has 0 radical (unpaired) electrons. The minimum atomic E-state index is -0.481. The largest absolute Gasteiger partial charge is 0.504 e. The van der Waals surface area contributed by atoms with Gasteiger partial charge < -0.3 is 14.9 Å². The van der Waals surface area contributed by atoms with Crippen molar-refractivity contribution in [1.29, 1.82) is 0 Å². The Morgan fingerprint density at radius 1 is 0.955 bits per heavy atom. The van der Waals surface area contributed by atoms with Crippen LogP contribution in [0.15, 0.2) is 60.7 Å². The number of carbonyl (C=O) groups is 1. The molecule has 0 unspecified atom stereocenters. The fourth-order valence-electron chi connectivity index (χ4n) is 1.74. The first-order valence-electron chi connectivity index (χ1n) is 6.73. The van der Waals surface area contributed by atoms with Crippen LogP contribution in [0, 0.1) is 0 Å². The maximum absolute atomic E-state index is 11.5. The van der Waals surface area contributed by atoms with Crippen molar-refractivity contribution in [3.05, 3.63) is 71.8 Å². The van der Waals surface area contributed by atoms with Crippen molar-refractivity contribution in [3.63, 3.8) is 0 Å². The molecule has 0 aliphatic rings. The Hall–Kier alpha value is -3.01. The molecule has 2 aromatic rings. The third-order valence-corrected chi connectivity index (χ3v) is 2.84. The lowest BCUT2D eigenvalue weighted by Gasteiger charge is -1.99. The summed E-state index contributed by atoms with van der Waals surface area (Å²) in [7, 11) is 0. The number of aromatic hydroxyl groups is 2. The van der Waals surface area contributed by atoms with Crippen molar-refractivity contribution in [2.45, 2.75) is 0 Å². The van der Waals surface area contributed by atoms with E-state index in [2.05, 4.69) is 0 Å². The summed E-state index contributed by atoms with van der Waals surface area (Å²) in [5.74, 6) is -0.919. The molecule has 0 amide bonds. The molecule has 2 N–H and O–H groups in total. The third-order valence-electron chi connectivity index (χ3n) is 2.84. The second-order valence-corrected chi connectivity index (χ2v) is 4.52. The Morgan fingerprint density at radius 2 is 1.73 bits per heavy atom. The molecule has 0 aromatic heterocycles. The quantitative estimate of drug-likeness (QED) is 0.504. The highest BCUT2D eigenvalue weighted by Crippen LogP contribution is 2.25. The molecule has 0 atom stereocenters. The van der Waals surface area contributed by atoms with Crippen molar-refractivity contribution in [1.82, 2.24) is 0 Å². The number of hydrogen-bond acceptors (Lipinski definition) is 4. The second kappa shape index (κ2) is 7.69. The number of carbonyl (C=O) groups excluding carboxylic acids is 1. The van der Waals surface area contributed by atoms with Crippen molar-refractivity contribution >= 4 is 18.1 Å². The van der Waals surface area contributed by atoms with Crippen LogP contribution < -0.4 is 0 Å². The van der Waals surface area contributed by atoms with Gasteiger partial charge in [-0.2, -0.15) is 0 Å². The van der Waals surface area contributed by atoms with E-state index in [1.807, 2.05) is 36.4 Å². The van der Waals surface area contributed by atoms with E-state index < -0.39 is 5.97 Å². The van der Waals surface area contributed by atoms with Gasteiger partial charge in [-0.1, -0.05) is 42.5 Å². The van der Waals surface area contributed by atoms with Gasteiger partial charge in [0.2, 0.25) is 0 Å². The van der Waals surface area contributed by atoms with E-state index in [0.717, 1.165) is 5.56 Å². The Bertz CT molecular complexity index is 687. The Balaban J connectivity index is 1.81. The standard InChI is InChI=1S/C18H16O4/c19-16-10-8-15(13-17(16)20)9-11-18(21)22-12-4-7-14-5-2-1-3-6-14/h1-11,13,19-20H,12H2/b7-4+,11-9-. The number of hydrogen-bond donors (Lipinski definition) is 2. The van der Waals surface area contributed by atoms with E-state index in [4.69, 9.17) is 4.74 Å². The molecule has 112 valence electrons. The summed E-state index contributed by atoms with van der Waals surface area (Å²) in [6.45, 7) is 0.179. The lowest BCUT2D eigenvalue weighted by Crippen LogP contribution is -1.99. The van der Waals surface area contributed by atoms with Crippen LogP contribution >= 0.6 is 0 Å². The smallest absolute Gasteiger partial charge is 0.331 e. The van der Waals surface area contributed by atoms with Crippen LogP contribution in [0.4, 0.5) is 0 Å². The lowest BCUT2D eigenvalue weighted by atomic mass is 10.2. The highest BCUT2D eigenvalue weighted by molar-refractivity contribution is 5.87. The molecule has 2 aromatic carbocycles. The number of ether oxygens (including phenoxy) is 1. The maximum atomic E-state index is 11.5. The Kier molecular flexibility index (Phi) is 5.37. The van der Waals surface area contributed by atoms with Crippen LogP contribution in [0.3, 0.4) is 0 Å². The van der Waals surface area contributed by atoms with Crippen LogP contribution in [0.2, 0.25) is 0 Å². The molecule has 2 rings (SSSR count). The maximum Gasteiger partial charge on any atom is 0.331 e. The molecule has 0 saturated heterocycles. The van der Waals surface area contributed by atoms with Crippen molar-refractivity contribution in [3.8, 4) is 11.5 Å². The van der Waals surface area contributed by atoms with Gasteiger partial charge in [0.05, 0.1) is 0 Å². The second-order valence-electron chi connectivity index (χ2n) is 4.52. The molecule has 0 spiro atoms. The van der Waals surface area contributed by atoms with E-state index in [0.29, 0.717) is 5.56 Å². The normalized spacial score (nSPS) is 11.1. The fourth-order valence-corrected chi connectivity index (χ4v) is 1.74. The average molecular weight is 296 g/mol. The first kappa shape index (κ1) is 15.4. The zero-order chi connectivity index (χ0) is 15.8. The van der Waals surface area contributed by atoms with Crippen LogP contribution in [0.5, 0.6) is 11.5 Å². The van der Waals surface area contributed by atoms with Gasteiger partial charge in [-0.15, -0.1) is 0 Å². The number of benzene rings is 2. The van der Waals surface area contributed by atoms with Gasteiger partial charge in [0.25, 0.3) is 0 Å². The van der Waals surface area contributed by atoms with E-state index in [-0.39, 0.29) is 18.1 Å².